The molecule has 0 atom stereocenters. The molecule has 5 heteroatoms. The van der Waals surface area contributed by atoms with E-state index in [9.17, 15) is 9.18 Å². The van der Waals surface area contributed by atoms with Crippen molar-refractivity contribution >= 4 is 11.7 Å². The molecule has 2 aromatic rings. The molecule has 2 fully saturated rings. The fourth-order valence-corrected chi connectivity index (χ4v) is 4.71. The molecule has 27 heavy (non-hydrogen) atoms. The van der Waals surface area contributed by atoms with Crippen LogP contribution in [0.15, 0.2) is 54.6 Å². The van der Waals surface area contributed by atoms with E-state index in [0.29, 0.717) is 6.54 Å². The molecule has 2 aliphatic rings. The largest absolute Gasteiger partial charge is 0.330 e. The first-order valence-electron chi connectivity index (χ1n) is 9.52. The Morgan fingerprint density at radius 1 is 0.963 bits per heavy atom. The minimum Gasteiger partial charge on any atom is -0.330 e. The van der Waals surface area contributed by atoms with Crippen molar-refractivity contribution in [1.82, 2.24) is 10.2 Å². The highest BCUT2D eigenvalue weighted by atomic mass is 19.1. The Balaban J connectivity index is 1.54. The summed E-state index contributed by atoms with van der Waals surface area (Å²) in [5.41, 5.74) is 1.88. The minimum atomic E-state index is -0.288. The zero-order valence-corrected chi connectivity index (χ0v) is 15.9. The summed E-state index contributed by atoms with van der Waals surface area (Å²) in [5.74, 6) is -0.288. The lowest BCUT2D eigenvalue weighted by Crippen LogP contribution is -2.54. The van der Waals surface area contributed by atoms with Crippen LogP contribution in [0.5, 0.6) is 0 Å². The summed E-state index contributed by atoms with van der Waals surface area (Å²) in [5, 5.41) is 3.24. The van der Waals surface area contributed by atoms with E-state index in [0.717, 1.165) is 31.4 Å². The summed E-state index contributed by atoms with van der Waals surface area (Å²) in [4.78, 5) is 16.7. The molecule has 1 aliphatic carbocycles. The summed E-state index contributed by atoms with van der Waals surface area (Å²) in [6.07, 6.45) is 3.82. The molecule has 1 saturated heterocycles. The van der Waals surface area contributed by atoms with Crippen molar-refractivity contribution in [3.05, 3.63) is 66.0 Å². The summed E-state index contributed by atoms with van der Waals surface area (Å²) in [6, 6.07) is 16.7. The van der Waals surface area contributed by atoms with Gasteiger partial charge in [-0.05, 0) is 69.6 Å². The molecule has 4 nitrogen and oxygen atoms in total. The van der Waals surface area contributed by atoms with Crippen molar-refractivity contribution < 1.29 is 9.18 Å². The Kier molecular flexibility index (Phi) is 4.42. The number of amides is 2. The standard InChI is InChI=1S/C22H26FN3O/c1-25(2)22(17-6-4-3-5-7-17)14-12-21(13-15-22)16-26(20(27)24-21)19-10-8-18(23)9-11-19/h3-11H,12-16H2,1-2H3,(H,24,27)/t21-,22+. The van der Waals surface area contributed by atoms with Crippen LogP contribution in [0.1, 0.15) is 31.2 Å². The number of carbonyl (C=O) groups excluding carboxylic acids is 1. The molecule has 1 heterocycles. The summed E-state index contributed by atoms with van der Waals surface area (Å²) in [6.45, 7) is 0.635. The number of rotatable bonds is 3. The second-order valence-electron chi connectivity index (χ2n) is 8.07. The third-order valence-electron chi connectivity index (χ3n) is 6.42. The van der Waals surface area contributed by atoms with E-state index in [4.69, 9.17) is 0 Å². The van der Waals surface area contributed by atoms with E-state index >= 15 is 0 Å². The normalized spacial score (nSPS) is 28.0. The maximum atomic E-state index is 13.2. The smallest absolute Gasteiger partial charge is 0.322 e. The van der Waals surface area contributed by atoms with Gasteiger partial charge >= 0.3 is 6.03 Å². The van der Waals surface area contributed by atoms with Crippen LogP contribution in [0.25, 0.3) is 0 Å². The van der Waals surface area contributed by atoms with Gasteiger partial charge in [0.2, 0.25) is 0 Å². The van der Waals surface area contributed by atoms with Crippen LogP contribution in [0, 0.1) is 5.82 Å². The predicted octanol–water partition coefficient (Wildman–Crippen LogP) is 4.13. The molecule has 2 amide bonds. The fraction of sp³-hybridized carbons (Fsp3) is 0.409. The highest BCUT2D eigenvalue weighted by Gasteiger charge is 2.50. The van der Waals surface area contributed by atoms with Gasteiger partial charge in [-0.25, -0.2) is 9.18 Å². The van der Waals surface area contributed by atoms with E-state index in [1.807, 2.05) is 0 Å². The number of carbonyl (C=O) groups is 1. The van der Waals surface area contributed by atoms with E-state index in [2.05, 4.69) is 54.6 Å². The molecule has 1 aliphatic heterocycles. The van der Waals surface area contributed by atoms with Gasteiger partial charge in [-0.3, -0.25) is 9.80 Å². The molecular weight excluding hydrogens is 341 g/mol. The zero-order chi connectivity index (χ0) is 19.1. The number of hydrogen-bond acceptors (Lipinski definition) is 2. The maximum Gasteiger partial charge on any atom is 0.322 e. The van der Waals surface area contributed by atoms with Gasteiger partial charge < -0.3 is 5.32 Å². The Morgan fingerprint density at radius 3 is 2.19 bits per heavy atom. The highest BCUT2D eigenvalue weighted by molar-refractivity contribution is 5.95. The number of anilines is 1. The number of halogens is 1. The van der Waals surface area contributed by atoms with Gasteiger partial charge in [0.15, 0.2) is 0 Å². The molecular formula is C22H26FN3O. The van der Waals surface area contributed by atoms with Gasteiger partial charge in [-0.2, -0.15) is 0 Å². The molecule has 0 radical (unpaired) electrons. The molecule has 1 N–H and O–H groups in total. The predicted molar refractivity (Wildman–Crippen MR) is 105 cm³/mol. The monoisotopic (exact) mass is 367 g/mol. The van der Waals surface area contributed by atoms with Crippen molar-refractivity contribution in [3.8, 4) is 0 Å². The lowest BCUT2D eigenvalue weighted by Gasteiger charge is -2.48. The van der Waals surface area contributed by atoms with E-state index < -0.39 is 0 Å². The molecule has 4 rings (SSSR count). The first-order valence-corrected chi connectivity index (χ1v) is 9.52. The third-order valence-corrected chi connectivity index (χ3v) is 6.42. The second kappa shape index (κ2) is 6.64. The van der Waals surface area contributed by atoms with Crippen LogP contribution < -0.4 is 10.2 Å². The van der Waals surface area contributed by atoms with Gasteiger partial charge in [0.1, 0.15) is 5.82 Å². The Bertz CT molecular complexity index is 811. The Hall–Kier alpha value is -2.40. The minimum absolute atomic E-state index is 0.000529. The molecule has 0 bridgehead atoms. The summed E-state index contributed by atoms with van der Waals surface area (Å²) in [7, 11) is 4.28. The quantitative estimate of drug-likeness (QED) is 0.886. The van der Waals surface area contributed by atoms with Gasteiger partial charge in [0.05, 0.1) is 12.1 Å². The van der Waals surface area contributed by atoms with Crippen molar-refractivity contribution in [1.29, 1.82) is 0 Å². The van der Waals surface area contributed by atoms with Crippen LogP contribution in [0.4, 0.5) is 14.9 Å². The van der Waals surface area contributed by atoms with Crippen molar-refractivity contribution in [3.63, 3.8) is 0 Å². The number of nitrogens with zero attached hydrogens (tertiary/aromatic N) is 2. The first-order chi connectivity index (χ1) is 12.9. The number of benzene rings is 2. The van der Waals surface area contributed by atoms with Crippen LogP contribution >= 0.6 is 0 Å². The van der Waals surface area contributed by atoms with E-state index in [1.54, 1.807) is 17.0 Å². The average molecular weight is 367 g/mol. The molecule has 2 aromatic carbocycles. The van der Waals surface area contributed by atoms with E-state index in [1.165, 1.54) is 17.7 Å². The van der Waals surface area contributed by atoms with E-state index in [-0.39, 0.29) is 22.9 Å². The fourth-order valence-electron chi connectivity index (χ4n) is 4.71. The van der Waals surface area contributed by atoms with Crippen molar-refractivity contribution in [2.75, 3.05) is 25.5 Å². The second-order valence-corrected chi connectivity index (χ2v) is 8.07. The van der Waals surface area contributed by atoms with Crippen LogP contribution in [0.2, 0.25) is 0 Å². The molecule has 142 valence electrons. The van der Waals surface area contributed by atoms with Crippen LogP contribution in [0.3, 0.4) is 0 Å². The van der Waals surface area contributed by atoms with Crippen molar-refractivity contribution in [2.24, 2.45) is 0 Å². The molecule has 0 unspecified atom stereocenters. The van der Waals surface area contributed by atoms with Gasteiger partial charge in [0.25, 0.3) is 0 Å². The molecule has 1 spiro atoms. The Morgan fingerprint density at radius 2 is 1.59 bits per heavy atom. The van der Waals surface area contributed by atoms with Gasteiger partial charge in [0, 0.05) is 11.2 Å². The number of nitrogens with one attached hydrogen (secondary N) is 1. The third kappa shape index (κ3) is 3.10. The topological polar surface area (TPSA) is 35.6 Å². The van der Waals surface area contributed by atoms with Gasteiger partial charge in [-0.15, -0.1) is 0 Å². The Labute approximate surface area is 160 Å². The average Bonchev–Trinajstić information content (AvgIpc) is 3.00. The lowest BCUT2D eigenvalue weighted by atomic mass is 9.69. The van der Waals surface area contributed by atoms with Gasteiger partial charge in [-0.1, -0.05) is 30.3 Å². The van der Waals surface area contributed by atoms with Crippen LogP contribution in [-0.2, 0) is 5.54 Å². The molecule has 0 aromatic heterocycles. The SMILES string of the molecule is CN(C)[C@]1(c2ccccc2)CC[C@]2(CC1)CN(c1ccc(F)cc1)C(=O)N2. The summed E-state index contributed by atoms with van der Waals surface area (Å²) >= 11 is 0. The highest BCUT2D eigenvalue weighted by Crippen LogP contribution is 2.46. The first kappa shape index (κ1) is 18.0. The zero-order valence-electron chi connectivity index (χ0n) is 15.9. The molecule has 1 saturated carbocycles. The lowest BCUT2D eigenvalue weighted by molar-refractivity contribution is 0.0658. The number of hydrogen-bond donors (Lipinski definition) is 1. The summed E-state index contributed by atoms with van der Waals surface area (Å²) < 4.78 is 13.2. The van der Waals surface area contributed by atoms with Crippen LogP contribution in [-0.4, -0.2) is 37.1 Å². The number of urea groups is 1. The van der Waals surface area contributed by atoms with Crippen molar-refractivity contribution in [2.45, 2.75) is 36.8 Å². The maximum absolute atomic E-state index is 13.2.